The van der Waals surface area contributed by atoms with Crippen LogP contribution in [-0.4, -0.2) is 17.2 Å². The van der Waals surface area contributed by atoms with E-state index in [0.29, 0.717) is 19.3 Å². The van der Waals surface area contributed by atoms with Gasteiger partial charge in [-0.05, 0) is 44.9 Å². The molecule has 0 aromatic carbocycles. The van der Waals surface area contributed by atoms with Crippen molar-refractivity contribution >= 4 is 5.97 Å². The van der Waals surface area contributed by atoms with Crippen LogP contribution in [0.4, 0.5) is 0 Å². The fourth-order valence-electron chi connectivity index (χ4n) is 1.95. The van der Waals surface area contributed by atoms with Gasteiger partial charge in [0.1, 0.15) is 0 Å². The Kier molecular flexibility index (Phi) is 15.6. The Bertz CT molecular complexity index is 392. The van der Waals surface area contributed by atoms with Gasteiger partial charge in [0.15, 0.2) is 0 Å². The lowest BCUT2D eigenvalue weighted by Gasteiger charge is -2.00. The Hall–Kier alpha value is -1.61. The summed E-state index contributed by atoms with van der Waals surface area (Å²) in [4.78, 5) is 10.2. The SMILES string of the molecule is CCCCC/C=C\C/C=C\C=C\[C@@H](O)C/C=C\CCCC(=O)[O-]. The van der Waals surface area contributed by atoms with Crippen LogP contribution in [0.2, 0.25) is 0 Å². The minimum absolute atomic E-state index is 0.0879. The van der Waals surface area contributed by atoms with E-state index in [-0.39, 0.29) is 6.42 Å². The maximum atomic E-state index is 10.2. The summed E-state index contributed by atoms with van der Waals surface area (Å²) in [5.74, 6) is -1.01. The van der Waals surface area contributed by atoms with Gasteiger partial charge < -0.3 is 15.0 Å². The van der Waals surface area contributed by atoms with E-state index in [9.17, 15) is 15.0 Å². The molecule has 0 spiro atoms. The van der Waals surface area contributed by atoms with Gasteiger partial charge in [-0.1, -0.05) is 68.4 Å². The van der Waals surface area contributed by atoms with Gasteiger partial charge in [0.2, 0.25) is 0 Å². The van der Waals surface area contributed by atoms with Crippen molar-refractivity contribution < 1.29 is 15.0 Å². The maximum Gasteiger partial charge on any atom is 0.0758 e. The molecule has 3 nitrogen and oxygen atoms in total. The average Bonchev–Trinajstić information content (AvgIpc) is 2.52. The fourth-order valence-corrected chi connectivity index (χ4v) is 1.95. The number of carboxylic acid groups (broad SMARTS) is 1. The lowest BCUT2D eigenvalue weighted by atomic mass is 10.2. The Labute approximate surface area is 141 Å². The summed E-state index contributed by atoms with van der Waals surface area (Å²) in [5.41, 5.74) is 0. The molecule has 0 amide bonds. The number of aliphatic hydroxyl groups excluding tert-OH is 1. The molecule has 0 rings (SSSR count). The molecule has 1 atom stereocenters. The molecule has 0 aliphatic heterocycles. The molecule has 0 fully saturated rings. The van der Waals surface area contributed by atoms with Crippen LogP contribution in [0.5, 0.6) is 0 Å². The van der Waals surface area contributed by atoms with Crippen molar-refractivity contribution in [3.8, 4) is 0 Å². The maximum absolute atomic E-state index is 10.2. The minimum Gasteiger partial charge on any atom is -0.550 e. The molecule has 0 aromatic heterocycles. The van der Waals surface area contributed by atoms with Gasteiger partial charge in [0.05, 0.1) is 6.10 Å². The number of hydrogen-bond acceptors (Lipinski definition) is 3. The second kappa shape index (κ2) is 16.8. The van der Waals surface area contributed by atoms with E-state index in [1.165, 1.54) is 19.3 Å². The summed E-state index contributed by atoms with van der Waals surface area (Å²) in [6.07, 6.45) is 23.1. The minimum atomic E-state index is -1.01. The molecule has 0 aliphatic rings. The monoisotopic (exact) mass is 319 g/mol. The third-order valence-electron chi connectivity index (χ3n) is 3.29. The van der Waals surface area contributed by atoms with Crippen molar-refractivity contribution in [1.82, 2.24) is 0 Å². The Balaban J connectivity index is 3.63. The second-order valence-electron chi connectivity index (χ2n) is 5.55. The van der Waals surface area contributed by atoms with E-state index < -0.39 is 12.1 Å². The predicted octanol–water partition coefficient (Wildman–Crippen LogP) is 3.85. The summed E-state index contributed by atoms with van der Waals surface area (Å²) in [6, 6.07) is 0. The van der Waals surface area contributed by atoms with E-state index in [1.54, 1.807) is 6.08 Å². The molecule has 0 bridgehead atoms. The molecule has 130 valence electrons. The zero-order valence-electron chi connectivity index (χ0n) is 14.3. The lowest BCUT2D eigenvalue weighted by molar-refractivity contribution is -0.305. The lowest BCUT2D eigenvalue weighted by Crippen LogP contribution is -2.21. The van der Waals surface area contributed by atoms with Gasteiger partial charge in [-0.2, -0.15) is 0 Å². The quantitative estimate of drug-likeness (QED) is 0.300. The zero-order valence-corrected chi connectivity index (χ0v) is 14.3. The van der Waals surface area contributed by atoms with E-state index in [4.69, 9.17) is 0 Å². The Morgan fingerprint density at radius 3 is 2.48 bits per heavy atom. The number of carbonyl (C=O) groups is 1. The van der Waals surface area contributed by atoms with Crippen LogP contribution >= 0.6 is 0 Å². The van der Waals surface area contributed by atoms with Crippen LogP contribution in [0.1, 0.15) is 64.7 Å². The molecular formula is C20H31O3-. The molecule has 23 heavy (non-hydrogen) atoms. The first-order valence-corrected chi connectivity index (χ1v) is 8.68. The molecule has 1 N–H and O–H groups in total. The standard InChI is InChI=1S/C20H32O3/c1-2-3-4-5-6-7-8-9-10-13-16-19(21)17-14-11-12-15-18-20(22)23/h6-7,9-11,13-14,16,19,21H,2-5,8,12,15,17-18H2,1H3,(H,22,23)/p-1/b7-6-,10-9-,14-11-,16-13+/t19-/m1/s1. The molecule has 0 saturated heterocycles. The number of carboxylic acids is 1. The summed E-state index contributed by atoms with van der Waals surface area (Å²) < 4.78 is 0. The average molecular weight is 319 g/mol. The first-order valence-electron chi connectivity index (χ1n) is 8.68. The smallest absolute Gasteiger partial charge is 0.0758 e. The first kappa shape index (κ1) is 21.4. The largest absolute Gasteiger partial charge is 0.550 e. The number of unbranched alkanes of at least 4 members (excludes halogenated alkanes) is 4. The number of carbonyl (C=O) groups excluding carboxylic acids is 1. The van der Waals surface area contributed by atoms with E-state index in [1.807, 2.05) is 24.3 Å². The highest BCUT2D eigenvalue weighted by atomic mass is 16.4. The van der Waals surface area contributed by atoms with Crippen molar-refractivity contribution in [3.63, 3.8) is 0 Å². The topological polar surface area (TPSA) is 60.4 Å². The second-order valence-corrected chi connectivity index (χ2v) is 5.55. The molecule has 0 saturated carbocycles. The third kappa shape index (κ3) is 18.3. The molecule has 0 radical (unpaired) electrons. The fraction of sp³-hybridized carbons (Fsp3) is 0.550. The van der Waals surface area contributed by atoms with Crippen LogP contribution in [0.25, 0.3) is 0 Å². The highest BCUT2D eigenvalue weighted by molar-refractivity contribution is 5.64. The molecule has 0 heterocycles. The van der Waals surface area contributed by atoms with Gasteiger partial charge in [0.25, 0.3) is 0 Å². The summed E-state index contributed by atoms with van der Waals surface area (Å²) in [5, 5.41) is 19.9. The van der Waals surface area contributed by atoms with Crippen LogP contribution in [0.15, 0.2) is 48.6 Å². The van der Waals surface area contributed by atoms with Gasteiger partial charge >= 0.3 is 0 Å². The summed E-state index contributed by atoms with van der Waals surface area (Å²) in [6.45, 7) is 2.21. The van der Waals surface area contributed by atoms with Gasteiger partial charge in [-0.15, -0.1) is 0 Å². The highest BCUT2D eigenvalue weighted by Gasteiger charge is 1.93. The number of aliphatic carboxylic acids is 1. The number of aliphatic hydroxyl groups is 1. The molecule has 0 unspecified atom stereocenters. The van der Waals surface area contributed by atoms with Crippen molar-refractivity contribution in [2.24, 2.45) is 0 Å². The van der Waals surface area contributed by atoms with Crippen molar-refractivity contribution in [2.75, 3.05) is 0 Å². The van der Waals surface area contributed by atoms with Crippen LogP contribution in [0.3, 0.4) is 0 Å². The van der Waals surface area contributed by atoms with Gasteiger partial charge in [0, 0.05) is 5.97 Å². The number of rotatable bonds is 14. The molecule has 0 aliphatic carbocycles. The zero-order chi connectivity index (χ0) is 17.2. The van der Waals surface area contributed by atoms with Crippen LogP contribution in [0, 0.1) is 0 Å². The van der Waals surface area contributed by atoms with Crippen molar-refractivity contribution in [1.29, 1.82) is 0 Å². The Morgan fingerprint density at radius 1 is 1.00 bits per heavy atom. The van der Waals surface area contributed by atoms with E-state index in [0.717, 1.165) is 12.8 Å². The van der Waals surface area contributed by atoms with Gasteiger partial charge in [-0.3, -0.25) is 0 Å². The summed E-state index contributed by atoms with van der Waals surface area (Å²) in [7, 11) is 0. The molecular weight excluding hydrogens is 288 g/mol. The van der Waals surface area contributed by atoms with Crippen LogP contribution in [-0.2, 0) is 4.79 Å². The van der Waals surface area contributed by atoms with Crippen LogP contribution < -0.4 is 5.11 Å². The third-order valence-corrected chi connectivity index (χ3v) is 3.29. The highest BCUT2D eigenvalue weighted by Crippen LogP contribution is 2.02. The van der Waals surface area contributed by atoms with Gasteiger partial charge in [-0.25, -0.2) is 0 Å². The van der Waals surface area contributed by atoms with E-state index in [2.05, 4.69) is 25.2 Å². The van der Waals surface area contributed by atoms with Crippen molar-refractivity contribution in [3.05, 3.63) is 48.6 Å². The van der Waals surface area contributed by atoms with E-state index >= 15 is 0 Å². The predicted molar refractivity (Wildman–Crippen MR) is 94.8 cm³/mol. The first-order chi connectivity index (χ1) is 11.2. The number of hydrogen-bond donors (Lipinski definition) is 1. The molecule has 0 aromatic rings. The summed E-state index contributed by atoms with van der Waals surface area (Å²) >= 11 is 0. The Morgan fingerprint density at radius 2 is 1.74 bits per heavy atom. The van der Waals surface area contributed by atoms with Crippen molar-refractivity contribution in [2.45, 2.75) is 70.8 Å². The number of allylic oxidation sites excluding steroid dienone is 6. The normalized spacial score (nSPS) is 13.8. The molecule has 3 heteroatoms.